The Labute approximate surface area is 96.6 Å². The second kappa shape index (κ2) is 6.48. The summed E-state index contributed by atoms with van der Waals surface area (Å²) < 4.78 is 19.0. The average Bonchev–Trinajstić information content (AvgIpc) is 2.24. The Hall–Kier alpha value is -1.09. The quantitative estimate of drug-likeness (QED) is 0.753. The summed E-state index contributed by atoms with van der Waals surface area (Å²) in [6, 6.07) is 4.59. The molecule has 0 aliphatic carbocycles. The van der Waals surface area contributed by atoms with Crippen molar-refractivity contribution < 1.29 is 9.13 Å². The van der Waals surface area contributed by atoms with Crippen LogP contribution in [0.4, 0.5) is 4.39 Å². The van der Waals surface area contributed by atoms with Gasteiger partial charge in [0.15, 0.2) is 0 Å². The third kappa shape index (κ3) is 3.81. The van der Waals surface area contributed by atoms with Crippen molar-refractivity contribution in [3.05, 3.63) is 29.6 Å². The van der Waals surface area contributed by atoms with Gasteiger partial charge >= 0.3 is 0 Å². The van der Waals surface area contributed by atoms with E-state index in [1.54, 1.807) is 19.1 Å². The Morgan fingerprint density at radius 2 is 2.12 bits per heavy atom. The van der Waals surface area contributed by atoms with Crippen LogP contribution < -0.4 is 10.5 Å². The summed E-state index contributed by atoms with van der Waals surface area (Å²) in [5.41, 5.74) is 6.15. The molecule has 1 aromatic rings. The topological polar surface area (TPSA) is 35.2 Å². The molecule has 0 heterocycles. The second-order valence-corrected chi connectivity index (χ2v) is 4.03. The van der Waals surface area contributed by atoms with Crippen LogP contribution in [0.15, 0.2) is 18.2 Å². The molecule has 2 nitrogen and oxygen atoms in total. The molecule has 0 aliphatic heterocycles. The van der Waals surface area contributed by atoms with E-state index in [4.69, 9.17) is 10.5 Å². The van der Waals surface area contributed by atoms with Crippen molar-refractivity contribution in [3.8, 4) is 5.75 Å². The van der Waals surface area contributed by atoms with Gasteiger partial charge < -0.3 is 10.5 Å². The van der Waals surface area contributed by atoms with E-state index >= 15 is 0 Å². The summed E-state index contributed by atoms with van der Waals surface area (Å²) >= 11 is 0. The number of ether oxygens (including phenoxy) is 1. The lowest BCUT2D eigenvalue weighted by Gasteiger charge is -2.10. The SMILES string of the molecule is CCCCCOc1ccc([C@@H](C)N)c(F)c1. The number of halogens is 1. The zero-order valence-corrected chi connectivity index (χ0v) is 10.0. The smallest absolute Gasteiger partial charge is 0.131 e. The number of benzene rings is 1. The minimum atomic E-state index is -0.289. The van der Waals surface area contributed by atoms with Crippen LogP contribution in [0.3, 0.4) is 0 Å². The summed E-state index contributed by atoms with van der Waals surface area (Å²) in [6.07, 6.45) is 3.30. The zero-order valence-electron chi connectivity index (χ0n) is 10.0. The molecule has 0 spiro atoms. The van der Waals surface area contributed by atoms with Gasteiger partial charge in [0.1, 0.15) is 11.6 Å². The summed E-state index contributed by atoms with van der Waals surface area (Å²) in [6.45, 7) is 4.54. The van der Waals surface area contributed by atoms with Crippen molar-refractivity contribution in [2.75, 3.05) is 6.61 Å². The van der Waals surface area contributed by atoms with Gasteiger partial charge in [-0.2, -0.15) is 0 Å². The molecule has 0 saturated carbocycles. The first-order valence-corrected chi connectivity index (χ1v) is 5.83. The van der Waals surface area contributed by atoms with Gasteiger partial charge in [0.25, 0.3) is 0 Å². The fourth-order valence-corrected chi connectivity index (χ4v) is 1.51. The maximum absolute atomic E-state index is 13.5. The lowest BCUT2D eigenvalue weighted by atomic mass is 10.1. The number of nitrogens with two attached hydrogens (primary N) is 1. The normalized spacial score (nSPS) is 12.5. The summed E-state index contributed by atoms with van der Waals surface area (Å²) in [5.74, 6) is 0.293. The molecule has 0 radical (unpaired) electrons. The minimum absolute atomic E-state index is 0.283. The number of rotatable bonds is 6. The van der Waals surface area contributed by atoms with Gasteiger partial charge in [-0.25, -0.2) is 4.39 Å². The van der Waals surface area contributed by atoms with Gasteiger partial charge in [0, 0.05) is 17.7 Å². The Morgan fingerprint density at radius 3 is 2.69 bits per heavy atom. The Bertz CT molecular complexity index is 326. The third-order valence-electron chi connectivity index (χ3n) is 2.48. The second-order valence-electron chi connectivity index (χ2n) is 4.03. The molecular formula is C13H20FNO. The van der Waals surface area contributed by atoms with Crippen LogP contribution in [0.5, 0.6) is 5.75 Å². The fourth-order valence-electron chi connectivity index (χ4n) is 1.51. The first kappa shape index (κ1) is 13.0. The third-order valence-corrected chi connectivity index (χ3v) is 2.48. The van der Waals surface area contributed by atoms with E-state index in [9.17, 15) is 4.39 Å². The Kier molecular flexibility index (Phi) is 5.26. The van der Waals surface area contributed by atoms with Crippen molar-refractivity contribution in [2.24, 2.45) is 5.73 Å². The first-order valence-electron chi connectivity index (χ1n) is 5.83. The molecule has 0 bridgehead atoms. The van der Waals surface area contributed by atoms with Crippen molar-refractivity contribution in [3.63, 3.8) is 0 Å². The molecule has 1 aromatic carbocycles. The lowest BCUT2D eigenvalue weighted by Crippen LogP contribution is -2.07. The van der Waals surface area contributed by atoms with Crippen molar-refractivity contribution in [2.45, 2.75) is 39.2 Å². The minimum Gasteiger partial charge on any atom is -0.493 e. The number of unbranched alkanes of at least 4 members (excludes halogenated alkanes) is 2. The molecule has 2 N–H and O–H groups in total. The van der Waals surface area contributed by atoms with Gasteiger partial charge in [0.05, 0.1) is 6.61 Å². The lowest BCUT2D eigenvalue weighted by molar-refractivity contribution is 0.304. The van der Waals surface area contributed by atoms with Gasteiger partial charge in [-0.1, -0.05) is 25.8 Å². The summed E-state index contributed by atoms with van der Waals surface area (Å²) in [5, 5.41) is 0. The van der Waals surface area contributed by atoms with Crippen molar-refractivity contribution in [1.29, 1.82) is 0 Å². The van der Waals surface area contributed by atoms with Crippen LogP contribution in [0.1, 0.15) is 44.7 Å². The molecule has 16 heavy (non-hydrogen) atoms. The standard InChI is InChI=1S/C13H20FNO/c1-3-4-5-8-16-11-6-7-12(10(2)15)13(14)9-11/h6-7,9-10H,3-5,8,15H2,1-2H3/t10-/m1/s1. The van der Waals surface area contributed by atoms with Crippen LogP contribution in [0.25, 0.3) is 0 Å². The number of hydrogen-bond acceptors (Lipinski definition) is 2. The molecule has 0 aromatic heterocycles. The molecule has 0 fully saturated rings. The summed E-state index contributed by atoms with van der Waals surface area (Å²) in [4.78, 5) is 0. The molecule has 1 atom stereocenters. The van der Waals surface area contributed by atoms with Crippen LogP contribution in [-0.4, -0.2) is 6.61 Å². The molecular weight excluding hydrogens is 205 g/mol. The van der Waals surface area contributed by atoms with Crippen molar-refractivity contribution >= 4 is 0 Å². The van der Waals surface area contributed by atoms with Crippen molar-refractivity contribution in [1.82, 2.24) is 0 Å². The van der Waals surface area contributed by atoms with Gasteiger partial charge in [-0.3, -0.25) is 0 Å². The average molecular weight is 225 g/mol. The van der Waals surface area contributed by atoms with E-state index in [2.05, 4.69) is 6.92 Å². The van der Waals surface area contributed by atoms with Crippen LogP contribution >= 0.6 is 0 Å². The molecule has 90 valence electrons. The molecule has 0 aliphatic rings. The monoisotopic (exact) mass is 225 g/mol. The zero-order chi connectivity index (χ0) is 12.0. The van der Waals surface area contributed by atoms with Crippen LogP contribution in [0, 0.1) is 5.82 Å². The van der Waals surface area contributed by atoms with Crippen LogP contribution in [-0.2, 0) is 0 Å². The molecule has 3 heteroatoms. The molecule has 0 saturated heterocycles. The fraction of sp³-hybridized carbons (Fsp3) is 0.538. The van der Waals surface area contributed by atoms with E-state index in [0.717, 1.165) is 19.3 Å². The van der Waals surface area contributed by atoms with E-state index in [0.29, 0.717) is 17.9 Å². The van der Waals surface area contributed by atoms with Gasteiger partial charge in [0.2, 0.25) is 0 Å². The highest BCUT2D eigenvalue weighted by Crippen LogP contribution is 2.20. The van der Waals surface area contributed by atoms with Crippen LogP contribution in [0.2, 0.25) is 0 Å². The van der Waals surface area contributed by atoms with Gasteiger partial charge in [-0.05, 0) is 19.4 Å². The van der Waals surface area contributed by atoms with E-state index in [1.165, 1.54) is 6.07 Å². The highest BCUT2D eigenvalue weighted by molar-refractivity contribution is 5.30. The summed E-state index contributed by atoms with van der Waals surface area (Å²) in [7, 11) is 0. The predicted octanol–water partition coefficient (Wildman–Crippen LogP) is 3.41. The van der Waals surface area contributed by atoms with Gasteiger partial charge in [-0.15, -0.1) is 0 Å². The number of hydrogen-bond donors (Lipinski definition) is 1. The maximum atomic E-state index is 13.5. The molecule has 1 rings (SSSR count). The Balaban J connectivity index is 2.53. The van der Waals surface area contributed by atoms with E-state index in [-0.39, 0.29) is 11.9 Å². The maximum Gasteiger partial charge on any atom is 0.131 e. The largest absolute Gasteiger partial charge is 0.493 e. The Morgan fingerprint density at radius 1 is 1.38 bits per heavy atom. The molecule has 0 unspecified atom stereocenters. The van der Waals surface area contributed by atoms with E-state index in [1.807, 2.05) is 0 Å². The molecule has 0 amide bonds. The first-order chi connectivity index (χ1) is 7.65. The van der Waals surface area contributed by atoms with E-state index < -0.39 is 0 Å². The predicted molar refractivity (Wildman–Crippen MR) is 64.0 cm³/mol. The highest BCUT2D eigenvalue weighted by atomic mass is 19.1. The highest BCUT2D eigenvalue weighted by Gasteiger charge is 2.07.